The lowest BCUT2D eigenvalue weighted by atomic mass is 10.1. The Labute approximate surface area is 156 Å². The Bertz CT molecular complexity index is 1160. The van der Waals surface area contributed by atoms with Crippen LogP contribution in [-0.2, 0) is 16.6 Å². The lowest BCUT2D eigenvalue weighted by Gasteiger charge is -2.13. The third-order valence-electron chi connectivity index (χ3n) is 3.80. The number of carboxylic acids is 1. The van der Waals surface area contributed by atoms with Gasteiger partial charge in [-0.1, -0.05) is 54.1 Å². The molecule has 0 radical (unpaired) electrons. The van der Waals surface area contributed by atoms with Gasteiger partial charge >= 0.3 is 5.97 Å². The van der Waals surface area contributed by atoms with Crippen molar-refractivity contribution in [1.82, 2.24) is 4.72 Å². The van der Waals surface area contributed by atoms with Gasteiger partial charge in [-0.15, -0.1) is 0 Å². The summed E-state index contributed by atoms with van der Waals surface area (Å²) in [7, 11) is -4.28. The first-order valence-corrected chi connectivity index (χ1v) is 9.30. The molecular weight excluding hydrogens is 378 g/mol. The van der Waals surface area contributed by atoms with Crippen molar-refractivity contribution in [2.24, 2.45) is 0 Å². The van der Waals surface area contributed by atoms with Crippen LogP contribution in [0.5, 0.6) is 5.75 Å². The fraction of sp³-hybridized carbons (Fsp3) is 0.0556. The van der Waals surface area contributed by atoms with Gasteiger partial charge in [-0.3, -0.25) is 0 Å². The molecule has 0 saturated heterocycles. The number of sulfonamides is 1. The van der Waals surface area contributed by atoms with Crippen molar-refractivity contribution in [3.8, 4) is 5.75 Å². The lowest BCUT2D eigenvalue weighted by molar-refractivity contribution is 0.0694. The van der Waals surface area contributed by atoms with E-state index in [1.165, 1.54) is 24.3 Å². The van der Waals surface area contributed by atoms with E-state index in [0.29, 0.717) is 10.6 Å². The molecule has 8 heteroatoms. The van der Waals surface area contributed by atoms with Gasteiger partial charge in [0, 0.05) is 22.3 Å². The zero-order chi connectivity index (χ0) is 19.8. The predicted octanol–water partition coefficient (Wildman–Crippen LogP) is 3.38. The van der Waals surface area contributed by atoms with Crippen molar-refractivity contribution in [1.29, 1.82) is 0 Å². The number of carboxylic acid groups (broad SMARTS) is 1. The predicted molar refractivity (Wildman–Crippen MR) is 98.0 cm³/mol. The summed E-state index contributed by atoms with van der Waals surface area (Å²) in [6.45, 7) is -0.140. The van der Waals surface area contributed by atoms with Crippen LogP contribution in [0.25, 0.3) is 10.8 Å². The summed E-state index contributed by atoms with van der Waals surface area (Å²) in [6.07, 6.45) is 0. The molecule has 3 aromatic rings. The van der Waals surface area contributed by atoms with Gasteiger partial charge in [-0.2, -0.15) is 0 Å². The van der Waals surface area contributed by atoms with Crippen LogP contribution in [0.4, 0.5) is 0 Å². The van der Waals surface area contributed by atoms with Crippen LogP contribution in [-0.4, -0.2) is 24.6 Å². The zero-order valence-corrected chi connectivity index (χ0v) is 14.8. The Morgan fingerprint density at radius 1 is 1.12 bits per heavy atom. The minimum atomic E-state index is -4.28. The molecule has 6 nitrogen and oxygen atoms in total. The van der Waals surface area contributed by atoms with E-state index < -0.39 is 38.2 Å². The van der Waals surface area contributed by atoms with Crippen LogP contribution in [0, 0.1) is 0 Å². The number of aromatic hydroxyl groups is 1. The van der Waals surface area contributed by atoms with Gasteiger partial charge in [0.25, 0.3) is 0 Å². The highest BCUT2D eigenvalue weighted by Crippen LogP contribution is 2.34. The number of benzene rings is 3. The van der Waals surface area contributed by atoms with E-state index in [1.54, 1.807) is 24.3 Å². The average Bonchev–Trinajstić information content (AvgIpc) is 2.60. The highest BCUT2D eigenvalue weighted by Gasteiger charge is 2.23. The second-order valence-electron chi connectivity index (χ2n) is 5.44. The minimum Gasteiger partial charge on any atom is -0.506 e. The van der Waals surface area contributed by atoms with Crippen molar-refractivity contribution in [2.75, 3.05) is 0 Å². The molecule has 0 aliphatic rings. The molecular formula is C18H14ClNO5S. The first-order valence-electron chi connectivity index (χ1n) is 7.94. The van der Waals surface area contributed by atoms with Crippen molar-refractivity contribution in [3.05, 3.63) is 70.7 Å². The van der Waals surface area contributed by atoms with Crippen molar-refractivity contribution < 1.29 is 24.8 Å². The molecule has 0 fully saturated rings. The molecule has 0 aromatic heterocycles. The highest BCUT2D eigenvalue weighted by molar-refractivity contribution is 7.89. The summed E-state index contributed by atoms with van der Waals surface area (Å²) >= 11 is 6.03. The number of rotatable bonds is 5. The van der Waals surface area contributed by atoms with Crippen molar-refractivity contribution in [2.45, 2.75) is 11.4 Å². The SMILES string of the molecule is [2H]c1c(C(=O)O)c(O)c2ccccc2c1S(=O)(=O)NCc1ccccc1Cl. The highest BCUT2D eigenvalue weighted by atomic mass is 35.5. The van der Waals surface area contributed by atoms with E-state index in [4.69, 9.17) is 13.0 Å². The second-order valence-corrected chi connectivity index (χ2v) is 7.56. The molecule has 0 spiro atoms. The smallest absolute Gasteiger partial charge is 0.339 e. The molecule has 0 bridgehead atoms. The topological polar surface area (TPSA) is 104 Å². The standard InChI is InChI=1S/C18H14ClNO5S/c19-15-8-4-1-5-11(15)10-20-26(24,25)16-9-14(18(22)23)17(21)13-7-3-2-6-12(13)16/h1-9,20-21H,10H2,(H,22,23)/i9D. The van der Waals surface area contributed by atoms with Gasteiger partial charge < -0.3 is 10.2 Å². The number of nitrogens with one attached hydrogen (secondary N) is 1. The summed E-state index contributed by atoms with van der Waals surface area (Å²) in [5.74, 6) is -2.24. The van der Waals surface area contributed by atoms with Crippen LogP contribution in [0.15, 0.2) is 59.5 Å². The number of carbonyl (C=O) groups is 1. The number of phenols is 1. The maximum absolute atomic E-state index is 12.9. The van der Waals surface area contributed by atoms with Crippen LogP contribution >= 0.6 is 11.6 Å². The van der Waals surface area contributed by atoms with E-state index in [2.05, 4.69) is 4.72 Å². The number of fused-ring (bicyclic) bond motifs is 1. The van der Waals surface area contributed by atoms with E-state index in [0.717, 1.165) is 0 Å². The molecule has 0 amide bonds. The average molecular weight is 393 g/mol. The molecule has 0 aliphatic heterocycles. The maximum atomic E-state index is 12.9. The largest absolute Gasteiger partial charge is 0.506 e. The van der Waals surface area contributed by atoms with E-state index >= 15 is 0 Å². The van der Waals surface area contributed by atoms with Crippen LogP contribution < -0.4 is 4.72 Å². The molecule has 3 aromatic carbocycles. The van der Waals surface area contributed by atoms with E-state index in [9.17, 15) is 23.4 Å². The Morgan fingerprint density at radius 2 is 1.73 bits per heavy atom. The number of hydrogen-bond acceptors (Lipinski definition) is 4. The molecule has 0 aliphatic carbocycles. The molecule has 0 heterocycles. The number of halogens is 1. The second kappa shape index (κ2) is 6.95. The minimum absolute atomic E-state index is 0.0315. The molecule has 0 saturated carbocycles. The van der Waals surface area contributed by atoms with Crippen molar-refractivity contribution >= 4 is 38.4 Å². The first kappa shape index (κ1) is 16.8. The summed E-state index contributed by atoms with van der Waals surface area (Å²) in [5, 5.41) is 20.0. The van der Waals surface area contributed by atoms with Gasteiger partial charge in [0.1, 0.15) is 11.3 Å². The summed E-state index contributed by atoms with van der Waals surface area (Å²) in [6, 6.07) is 11.7. The fourth-order valence-corrected chi connectivity index (χ4v) is 3.91. The third-order valence-corrected chi connectivity index (χ3v) is 5.55. The Kier molecular flexibility index (Phi) is 4.50. The normalized spacial score (nSPS) is 12.1. The van der Waals surface area contributed by atoms with Crippen molar-refractivity contribution in [3.63, 3.8) is 0 Å². The van der Waals surface area contributed by atoms with E-state index in [1.807, 2.05) is 0 Å². The van der Waals surface area contributed by atoms with Gasteiger partial charge in [0.2, 0.25) is 10.0 Å². The number of hydrogen-bond donors (Lipinski definition) is 3. The fourth-order valence-electron chi connectivity index (χ4n) is 2.52. The van der Waals surface area contributed by atoms with Gasteiger partial charge in [0.15, 0.2) is 0 Å². The summed E-state index contributed by atoms with van der Waals surface area (Å²) in [5.41, 5.74) is -0.248. The molecule has 134 valence electrons. The van der Waals surface area contributed by atoms with Crippen LogP contribution in [0.2, 0.25) is 5.02 Å². The monoisotopic (exact) mass is 392 g/mol. The maximum Gasteiger partial charge on any atom is 0.339 e. The first-order chi connectivity index (χ1) is 12.7. The zero-order valence-electron chi connectivity index (χ0n) is 14.2. The lowest BCUT2D eigenvalue weighted by Crippen LogP contribution is -2.24. The molecule has 26 heavy (non-hydrogen) atoms. The molecule has 3 N–H and O–H groups in total. The van der Waals surface area contributed by atoms with Crippen LogP contribution in [0.3, 0.4) is 0 Å². The van der Waals surface area contributed by atoms with Gasteiger partial charge in [-0.25, -0.2) is 17.9 Å². The Morgan fingerprint density at radius 3 is 2.38 bits per heavy atom. The molecule has 0 atom stereocenters. The van der Waals surface area contributed by atoms with Gasteiger partial charge in [-0.05, 0) is 17.7 Å². The molecule has 3 rings (SSSR count). The quantitative estimate of drug-likeness (QED) is 0.617. The third kappa shape index (κ3) is 3.37. The summed E-state index contributed by atoms with van der Waals surface area (Å²) in [4.78, 5) is 11.0. The Balaban J connectivity index is 2.17. The summed E-state index contributed by atoms with van der Waals surface area (Å²) < 4.78 is 36.2. The number of aromatic carboxylic acids is 1. The van der Waals surface area contributed by atoms with E-state index in [-0.39, 0.29) is 17.3 Å². The Hall–Kier alpha value is -2.61. The van der Waals surface area contributed by atoms with Crippen LogP contribution in [0.1, 0.15) is 17.3 Å². The van der Waals surface area contributed by atoms with Gasteiger partial charge in [0.05, 0.1) is 6.27 Å². The molecule has 0 unspecified atom stereocenters.